The van der Waals surface area contributed by atoms with Gasteiger partial charge in [-0.1, -0.05) is 42.5 Å². The average Bonchev–Trinajstić information content (AvgIpc) is 2.47. The molecule has 2 heteroatoms. The molecular weight excluding hydrogens is 222 g/mol. The van der Waals surface area contributed by atoms with Gasteiger partial charge in [-0.05, 0) is 29.7 Å². The van der Waals surface area contributed by atoms with Gasteiger partial charge >= 0.3 is 0 Å². The molecule has 0 saturated carbocycles. The van der Waals surface area contributed by atoms with Gasteiger partial charge in [0.05, 0.1) is 6.54 Å². The fourth-order valence-corrected chi connectivity index (χ4v) is 2.27. The van der Waals surface area contributed by atoms with Crippen LogP contribution in [-0.4, -0.2) is 10.8 Å². The van der Waals surface area contributed by atoms with E-state index in [-0.39, 0.29) is 5.91 Å². The van der Waals surface area contributed by atoms with Crippen LogP contribution < -0.4 is 0 Å². The third kappa shape index (κ3) is 2.02. The van der Waals surface area contributed by atoms with E-state index in [4.69, 9.17) is 0 Å². The fourth-order valence-electron chi connectivity index (χ4n) is 2.27. The Bertz CT molecular complexity index is 562. The van der Waals surface area contributed by atoms with Crippen molar-refractivity contribution in [2.24, 2.45) is 0 Å². The summed E-state index contributed by atoms with van der Waals surface area (Å²) in [7, 11) is 0. The van der Waals surface area contributed by atoms with Crippen LogP contribution in [0, 0.1) is 6.54 Å². The summed E-state index contributed by atoms with van der Waals surface area (Å²) in [5.41, 5.74) is 3.30. The lowest BCUT2D eigenvalue weighted by atomic mass is 9.99. The lowest BCUT2D eigenvalue weighted by molar-refractivity contribution is 0.0779. The van der Waals surface area contributed by atoms with Crippen molar-refractivity contribution < 1.29 is 4.79 Å². The molecule has 0 unspecified atom stereocenters. The SMILES string of the molecule is O=C(c1ccccc1)N1[CH]Cc2ccccc2C1. The second-order valence-electron chi connectivity index (χ2n) is 4.45. The third-order valence-electron chi connectivity index (χ3n) is 3.27. The monoisotopic (exact) mass is 236 g/mol. The molecule has 1 heterocycles. The molecule has 1 amide bonds. The number of hydrogen-bond donors (Lipinski definition) is 0. The van der Waals surface area contributed by atoms with Gasteiger partial charge in [-0.25, -0.2) is 0 Å². The van der Waals surface area contributed by atoms with E-state index in [9.17, 15) is 4.79 Å². The summed E-state index contributed by atoms with van der Waals surface area (Å²) < 4.78 is 0. The van der Waals surface area contributed by atoms with Gasteiger partial charge in [-0.2, -0.15) is 0 Å². The Kier molecular flexibility index (Phi) is 2.85. The lowest BCUT2D eigenvalue weighted by Crippen LogP contribution is -2.32. The van der Waals surface area contributed by atoms with E-state index in [1.54, 1.807) is 4.90 Å². The minimum Gasteiger partial charge on any atom is -0.329 e. The van der Waals surface area contributed by atoms with Gasteiger partial charge in [-0.3, -0.25) is 4.79 Å². The van der Waals surface area contributed by atoms with E-state index < -0.39 is 0 Å². The molecule has 0 atom stereocenters. The number of carbonyl (C=O) groups is 1. The van der Waals surface area contributed by atoms with Crippen molar-refractivity contribution in [1.82, 2.24) is 4.90 Å². The largest absolute Gasteiger partial charge is 0.329 e. The van der Waals surface area contributed by atoms with Crippen LogP contribution in [0.1, 0.15) is 21.5 Å². The van der Waals surface area contributed by atoms with Crippen molar-refractivity contribution in [3.05, 3.63) is 77.8 Å². The first-order chi connectivity index (χ1) is 8.84. The van der Waals surface area contributed by atoms with Crippen molar-refractivity contribution in [3.63, 3.8) is 0 Å². The first kappa shape index (κ1) is 11.0. The third-order valence-corrected chi connectivity index (χ3v) is 3.27. The molecule has 0 fully saturated rings. The minimum absolute atomic E-state index is 0.0742. The minimum atomic E-state index is 0.0742. The van der Waals surface area contributed by atoms with E-state index in [2.05, 4.69) is 12.1 Å². The second kappa shape index (κ2) is 4.65. The van der Waals surface area contributed by atoms with Gasteiger partial charge in [0.25, 0.3) is 5.91 Å². The summed E-state index contributed by atoms with van der Waals surface area (Å²) in [4.78, 5) is 14.1. The Hall–Kier alpha value is -2.09. The number of benzene rings is 2. The molecule has 3 rings (SSSR count). The standard InChI is InChI=1S/C16H14NO/c18-16(14-7-2-1-3-8-14)17-11-10-13-6-4-5-9-15(13)12-17/h1-9,11H,10,12H2. The maximum Gasteiger partial charge on any atom is 0.254 e. The van der Waals surface area contributed by atoms with Crippen molar-refractivity contribution >= 4 is 5.91 Å². The first-order valence-corrected chi connectivity index (χ1v) is 6.11. The molecule has 0 N–H and O–H groups in total. The Balaban J connectivity index is 1.82. The molecule has 0 aromatic heterocycles. The molecule has 0 spiro atoms. The van der Waals surface area contributed by atoms with Crippen LogP contribution in [0.15, 0.2) is 54.6 Å². The van der Waals surface area contributed by atoms with Crippen LogP contribution in [0.2, 0.25) is 0 Å². The zero-order valence-electron chi connectivity index (χ0n) is 10.0. The zero-order valence-corrected chi connectivity index (χ0v) is 10.0. The molecule has 18 heavy (non-hydrogen) atoms. The molecule has 89 valence electrons. The van der Waals surface area contributed by atoms with E-state index in [0.29, 0.717) is 6.54 Å². The quantitative estimate of drug-likeness (QED) is 0.745. The molecule has 1 aliphatic rings. The van der Waals surface area contributed by atoms with Crippen LogP contribution in [-0.2, 0) is 13.0 Å². The van der Waals surface area contributed by atoms with Crippen molar-refractivity contribution in [3.8, 4) is 0 Å². The molecule has 2 aromatic rings. The molecule has 2 nitrogen and oxygen atoms in total. The predicted molar refractivity (Wildman–Crippen MR) is 70.8 cm³/mol. The van der Waals surface area contributed by atoms with E-state index in [1.165, 1.54) is 11.1 Å². The maximum absolute atomic E-state index is 12.3. The Morgan fingerprint density at radius 3 is 2.33 bits per heavy atom. The molecular formula is C16H14NO. The van der Waals surface area contributed by atoms with Gasteiger partial charge in [0, 0.05) is 12.1 Å². The van der Waals surface area contributed by atoms with E-state index >= 15 is 0 Å². The van der Waals surface area contributed by atoms with Gasteiger partial charge in [0.2, 0.25) is 0 Å². The Morgan fingerprint density at radius 2 is 1.56 bits per heavy atom. The topological polar surface area (TPSA) is 20.3 Å². The number of nitrogens with zero attached hydrogens (tertiary/aromatic N) is 1. The Labute approximate surface area is 107 Å². The predicted octanol–water partition coefficient (Wildman–Crippen LogP) is 3.05. The van der Waals surface area contributed by atoms with Crippen molar-refractivity contribution in [2.45, 2.75) is 13.0 Å². The maximum atomic E-state index is 12.3. The summed E-state index contributed by atoms with van der Waals surface area (Å²) in [6.45, 7) is 2.65. The molecule has 1 radical (unpaired) electrons. The molecule has 2 aromatic carbocycles. The first-order valence-electron chi connectivity index (χ1n) is 6.11. The molecule has 0 aliphatic carbocycles. The summed E-state index contributed by atoms with van der Waals surface area (Å²) in [6.07, 6.45) is 0.828. The van der Waals surface area contributed by atoms with Gasteiger partial charge < -0.3 is 4.90 Å². The van der Waals surface area contributed by atoms with Gasteiger partial charge in [-0.15, -0.1) is 0 Å². The lowest BCUT2D eigenvalue weighted by Gasteiger charge is -2.28. The van der Waals surface area contributed by atoms with Crippen LogP contribution in [0.5, 0.6) is 0 Å². The van der Waals surface area contributed by atoms with Crippen LogP contribution in [0.25, 0.3) is 0 Å². The molecule has 0 bridgehead atoms. The number of amides is 1. The normalized spacial score (nSPS) is 14.1. The number of hydrogen-bond acceptors (Lipinski definition) is 1. The zero-order chi connectivity index (χ0) is 12.4. The number of rotatable bonds is 1. The average molecular weight is 236 g/mol. The summed E-state index contributed by atoms with van der Waals surface area (Å²) in [5, 5.41) is 0. The fraction of sp³-hybridized carbons (Fsp3) is 0.125. The molecule has 0 saturated heterocycles. The van der Waals surface area contributed by atoms with Crippen LogP contribution >= 0.6 is 0 Å². The summed E-state index contributed by atoms with van der Waals surface area (Å²) >= 11 is 0. The van der Waals surface area contributed by atoms with E-state index in [0.717, 1.165) is 12.0 Å². The second-order valence-corrected chi connectivity index (χ2v) is 4.45. The van der Waals surface area contributed by atoms with Crippen molar-refractivity contribution in [1.29, 1.82) is 0 Å². The molecule has 1 aliphatic heterocycles. The van der Waals surface area contributed by atoms with Crippen LogP contribution in [0.3, 0.4) is 0 Å². The van der Waals surface area contributed by atoms with Gasteiger partial charge in [0.15, 0.2) is 0 Å². The van der Waals surface area contributed by atoms with Crippen molar-refractivity contribution in [2.75, 3.05) is 0 Å². The number of fused-ring (bicyclic) bond motifs is 1. The highest BCUT2D eigenvalue weighted by molar-refractivity contribution is 5.94. The summed E-state index contributed by atoms with van der Waals surface area (Å²) in [6, 6.07) is 17.7. The number of carbonyl (C=O) groups excluding carboxylic acids is 1. The highest BCUT2D eigenvalue weighted by atomic mass is 16.2. The van der Waals surface area contributed by atoms with Crippen LogP contribution in [0.4, 0.5) is 0 Å². The smallest absolute Gasteiger partial charge is 0.254 e. The summed E-state index contributed by atoms with van der Waals surface area (Å²) in [5.74, 6) is 0.0742. The highest BCUT2D eigenvalue weighted by Crippen LogP contribution is 2.22. The van der Waals surface area contributed by atoms with Gasteiger partial charge in [0.1, 0.15) is 0 Å². The van der Waals surface area contributed by atoms with E-state index in [1.807, 2.05) is 49.0 Å². The Morgan fingerprint density at radius 1 is 0.889 bits per heavy atom. The highest BCUT2D eigenvalue weighted by Gasteiger charge is 2.21.